The fourth-order valence-corrected chi connectivity index (χ4v) is 3.00. The van der Waals surface area contributed by atoms with E-state index in [1.54, 1.807) is 0 Å². The summed E-state index contributed by atoms with van der Waals surface area (Å²) in [5.74, 6) is 0. The summed E-state index contributed by atoms with van der Waals surface area (Å²) in [6.45, 7) is 0.734. The normalized spacial score (nSPS) is 16.7. The Kier molecular flexibility index (Phi) is 2.62. The molecule has 21 heavy (non-hydrogen) atoms. The van der Waals surface area contributed by atoms with Gasteiger partial charge < -0.3 is 4.90 Å². The molecule has 106 valence electrons. The molecule has 0 aromatic heterocycles. The molecular formula is C16H15FN4. The molecule has 5 heteroatoms. The van der Waals surface area contributed by atoms with E-state index in [0.717, 1.165) is 34.6 Å². The number of hydrogen-bond acceptors (Lipinski definition) is 4. The quantitative estimate of drug-likeness (QED) is 0.727. The maximum absolute atomic E-state index is 14.2. The summed E-state index contributed by atoms with van der Waals surface area (Å²) in [4.78, 5) is 2.18. The van der Waals surface area contributed by atoms with Crippen LogP contribution in [0.1, 0.15) is 16.7 Å². The number of fused-ring (bicyclic) bond motifs is 4. The smallest absolute Gasteiger partial charge is 0.122 e. The first kappa shape index (κ1) is 12.2. The Morgan fingerprint density at radius 3 is 2.57 bits per heavy atom. The van der Waals surface area contributed by atoms with Gasteiger partial charge in [0.1, 0.15) is 5.70 Å². The molecule has 4 nitrogen and oxygen atoms in total. The predicted octanol–water partition coefficient (Wildman–Crippen LogP) is 2.67. The Morgan fingerprint density at radius 1 is 1.00 bits per heavy atom. The van der Waals surface area contributed by atoms with E-state index in [2.05, 4.69) is 29.0 Å². The Labute approximate surface area is 122 Å². The van der Waals surface area contributed by atoms with E-state index in [-0.39, 0.29) is 0 Å². The number of hydrogen-bond donors (Lipinski definition) is 2. The van der Waals surface area contributed by atoms with E-state index in [4.69, 9.17) is 0 Å². The highest BCUT2D eigenvalue weighted by atomic mass is 19.2. The topological polar surface area (TPSA) is 30.5 Å². The zero-order valence-electron chi connectivity index (χ0n) is 11.6. The van der Waals surface area contributed by atoms with Gasteiger partial charge in [-0.25, -0.2) is 0 Å². The van der Waals surface area contributed by atoms with Crippen LogP contribution in [0.15, 0.2) is 48.5 Å². The van der Waals surface area contributed by atoms with Crippen LogP contribution in [0.4, 0.5) is 10.2 Å². The highest BCUT2D eigenvalue weighted by molar-refractivity contribution is 5.95. The number of nitrogens with zero attached hydrogens (tertiary/aromatic N) is 2. The van der Waals surface area contributed by atoms with E-state index < -0.39 is 0 Å². The lowest BCUT2D eigenvalue weighted by Crippen LogP contribution is -2.31. The van der Waals surface area contributed by atoms with Gasteiger partial charge in [0.25, 0.3) is 0 Å². The summed E-state index contributed by atoms with van der Waals surface area (Å²) in [7, 11) is 2.05. The highest BCUT2D eigenvalue weighted by Crippen LogP contribution is 2.38. The second-order valence-electron chi connectivity index (χ2n) is 5.27. The average molecular weight is 282 g/mol. The van der Waals surface area contributed by atoms with Crippen LogP contribution in [0, 0.1) is 0 Å². The van der Waals surface area contributed by atoms with Gasteiger partial charge in [-0.15, -0.1) is 10.8 Å². The largest absolute Gasteiger partial charge is 0.370 e. The molecule has 0 amide bonds. The minimum Gasteiger partial charge on any atom is -0.370 e. The lowest BCUT2D eigenvalue weighted by Gasteiger charge is -2.27. The van der Waals surface area contributed by atoms with Crippen LogP contribution in [-0.2, 0) is 6.54 Å². The maximum Gasteiger partial charge on any atom is 0.122 e. The maximum atomic E-state index is 14.2. The summed E-state index contributed by atoms with van der Waals surface area (Å²) in [5.41, 5.74) is 10.8. The van der Waals surface area contributed by atoms with Crippen LogP contribution in [0.25, 0.3) is 11.4 Å². The third-order valence-electron chi connectivity index (χ3n) is 3.98. The molecule has 2 N–H and O–H groups in total. The second kappa shape index (κ2) is 4.49. The van der Waals surface area contributed by atoms with Crippen LogP contribution < -0.4 is 15.9 Å². The molecule has 2 aliphatic rings. The number of hydrazine groups is 2. The number of anilines is 1. The SMILES string of the molecule is CN1Cc2ccccc2C2=C(NNN2F)c2ccccc21. The van der Waals surface area contributed by atoms with Crippen molar-refractivity contribution in [3.63, 3.8) is 0 Å². The summed E-state index contributed by atoms with van der Waals surface area (Å²) in [6.07, 6.45) is 0. The number of nitrogens with one attached hydrogen (secondary N) is 2. The van der Waals surface area contributed by atoms with Crippen molar-refractivity contribution in [2.75, 3.05) is 11.9 Å². The molecule has 2 aromatic carbocycles. The van der Waals surface area contributed by atoms with Crippen LogP contribution >= 0.6 is 0 Å². The standard InChI is InChI=1S/C16H15FN4/c1-20-10-11-6-2-3-7-12(11)16-15(18-19-21(16)17)13-8-4-5-9-14(13)20/h2-9,18-19H,10H2,1H3. The molecule has 0 aliphatic carbocycles. The van der Waals surface area contributed by atoms with E-state index in [9.17, 15) is 4.48 Å². The van der Waals surface area contributed by atoms with Gasteiger partial charge in [0.15, 0.2) is 0 Å². The minimum absolute atomic E-state index is 0.533. The molecule has 2 aliphatic heterocycles. The summed E-state index contributed by atoms with van der Waals surface area (Å²) in [5, 5.41) is 0.552. The van der Waals surface area contributed by atoms with Gasteiger partial charge >= 0.3 is 0 Å². The Morgan fingerprint density at radius 2 is 1.71 bits per heavy atom. The summed E-state index contributed by atoms with van der Waals surface area (Å²) < 4.78 is 14.2. The first-order chi connectivity index (χ1) is 10.3. The van der Waals surface area contributed by atoms with Gasteiger partial charge in [-0.05, 0) is 11.6 Å². The first-order valence-electron chi connectivity index (χ1n) is 6.86. The number of para-hydroxylation sites is 1. The van der Waals surface area contributed by atoms with Gasteiger partial charge in [0.05, 0.1) is 5.70 Å². The third kappa shape index (κ3) is 1.78. The Hall–Kier alpha value is -2.53. The molecule has 4 rings (SSSR count). The molecule has 0 fully saturated rings. The molecule has 0 saturated carbocycles. The van der Waals surface area contributed by atoms with Crippen molar-refractivity contribution in [1.29, 1.82) is 0 Å². The molecule has 0 radical (unpaired) electrons. The number of rotatable bonds is 0. The van der Waals surface area contributed by atoms with Crippen LogP contribution in [-0.4, -0.2) is 12.3 Å². The third-order valence-corrected chi connectivity index (χ3v) is 3.98. The fourth-order valence-electron chi connectivity index (χ4n) is 3.00. The molecule has 0 unspecified atom stereocenters. The van der Waals surface area contributed by atoms with Crippen LogP contribution in [0.5, 0.6) is 0 Å². The minimum atomic E-state index is 0.533. The molecular weight excluding hydrogens is 267 g/mol. The van der Waals surface area contributed by atoms with Crippen molar-refractivity contribution < 1.29 is 4.48 Å². The van der Waals surface area contributed by atoms with Crippen molar-refractivity contribution in [2.45, 2.75) is 6.54 Å². The van der Waals surface area contributed by atoms with Crippen LogP contribution in [0.3, 0.4) is 0 Å². The zero-order valence-corrected chi connectivity index (χ0v) is 11.6. The van der Waals surface area contributed by atoms with Gasteiger partial charge in [-0.1, -0.05) is 46.9 Å². The number of halogens is 1. The van der Waals surface area contributed by atoms with E-state index in [0.29, 0.717) is 10.9 Å². The molecule has 0 spiro atoms. The summed E-state index contributed by atoms with van der Waals surface area (Å²) in [6, 6.07) is 15.9. The molecule has 0 saturated heterocycles. The second-order valence-corrected chi connectivity index (χ2v) is 5.27. The Balaban J connectivity index is 2.05. The van der Waals surface area contributed by atoms with Crippen LogP contribution in [0.2, 0.25) is 0 Å². The zero-order chi connectivity index (χ0) is 14.4. The van der Waals surface area contributed by atoms with Crippen molar-refractivity contribution in [2.24, 2.45) is 0 Å². The fraction of sp³-hybridized carbons (Fsp3) is 0.125. The van der Waals surface area contributed by atoms with E-state index in [1.165, 1.54) is 0 Å². The first-order valence-corrected chi connectivity index (χ1v) is 6.86. The van der Waals surface area contributed by atoms with Gasteiger partial charge in [0, 0.05) is 30.4 Å². The van der Waals surface area contributed by atoms with Crippen molar-refractivity contribution in [3.05, 3.63) is 65.2 Å². The van der Waals surface area contributed by atoms with Crippen molar-refractivity contribution in [1.82, 2.24) is 16.2 Å². The van der Waals surface area contributed by atoms with Gasteiger partial charge in [-0.2, -0.15) is 0 Å². The molecule has 0 bridgehead atoms. The molecule has 2 aromatic rings. The highest BCUT2D eigenvalue weighted by Gasteiger charge is 2.30. The number of benzene rings is 2. The average Bonchev–Trinajstić information content (AvgIpc) is 2.88. The molecule has 0 atom stereocenters. The lowest BCUT2D eigenvalue weighted by atomic mass is 9.97. The lowest BCUT2D eigenvalue weighted by molar-refractivity contribution is 0.0425. The van der Waals surface area contributed by atoms with Gasteiger partial charge in [-0.3, -0.25) is 5.43 Å². The monoisotopic (exact) mass is 282 g/mol. The predicted molar refractivity (Wildman–Crippen MR) is 81.0 cm³/mol. The van der Waals surface area contributed by atoms with Gasteiger partial charge in [0.2, 0.25) is 0 Å². The van der Waals surface area contributed by atoms with E-state index in [1.807, 2.05) is 42.5 Å². The van der Waals surface area contributed by atoms with Crippen molar-refractivity contribution in [3.8, 4) is 0 Å². The van der Waals surface area contributed by atoms with Crippen molar-refractivity contribution >= 4 is 17.1 Å². The molecule has 2 heterocycles. The Bertz CT molecular complexity index is 741. The summed E-state index contributed by atoms with van der Waals surface area (Å²) >= 11 is 0. The van der Waals surface area contributed by atoms with E-state index >= 15 is 0 Å².